The first-order valence-corrected chi connectivity index (χ1v) is 8.89. The topological polar surface area (TPSA) is 74.3 Å². The average molecular weight is 379 g/mol. The largest absolute Gasteiger partial charge is 0.493 e. The Morgan fingerprint density at radius 1 is 1.11 bits per heavy atom. The standard InChI is InChI=1S/C20H29NO6/c1-5-27-17-9-7-16(15-18(17)25-3)8-10-19(22)21(12-6-14-24-2)13-11-20(23)26-4/h7-10,15H,5-6,11-14H2,1-4H3/b10-8+. The molecule has 7 nitrogen and oxygen atoms in total. The number of nitrogens with zero attached hydrogens (tertiary/aromatic N) is 1. The molecule has 0 heterocycles. The second-order valence-corrected chi connectivity index (χ2v) is 5.67. The molecular formula is C20H29NO6. The number of hydrogen-bond donors (Lipinski definition) is 0. The van der Waals surface area contributed by atoms with Gasteiger partial charge in [-0.15, -0.1) is 0 Å². The van der Waals surface area contributed by atoms with Gasteiger partial charge in [0.25, 0.3) is 0 Å². The van der Waals surface area contributed by atoms with Gasteiger partial charge in [0.2, 0.25) is 5.91 Å². The molecule has 0 aliphatic rings. The van der Waals surface area contributed by atoms with Crippen LogP contribution in [0.1, 0.15) is 25.3 Å². The SMILES string of the molecule is CCOc1ccc(/C=C/C(=O)N(CCCOC)CCC(=O)OC)cc1OC. The average Bonchev–Trinajstić information content (AvgIpc) is 2.69. The second-order valence-electron chi connectivity index (χ2n) is 5.67. The Hall–Kier alpha value is -2.54. The van der Waals surface area contributed by atoms with E-state index in [4.69, 9.17) is 14.2 Å². The highest BCUT2D eigenvalue weighted by molar-refractivity contribution is 5.92. The number of ether oxygens (including phenoxy) is 4. The van der Waals surface area contributed by atoms with Gasteiger partial charge in [-0.1, -0.05) is 6.07 Å². The number of esters is 1. The molecular weight excluding hydrogens is 350 g/mol. The van der Waals surface area contributed by atoms with Crippen molar-refractivity contribution in [1.82, 2.24) is 4.90 Å². The van der Waals surface area contributed by atoms with Crippen molar-refractivity contribution < 1.29 is 28.5 Å². The zero-order valence-electron chi connectivity index (χ0n) is 16.5. The molecule has 1 aromatic carbocycles. The molecule has 1 aromatic rings. The number of hydrogen-bond acceptors (Lipinski definition) is 6. The first-order chi connectivity index (χ1) is 13.0. The van der Waals surface area contributed by atoms with Gasteiger partial charge in [-0.3, -0.25) is 9.59 Å². The smallest absolute Gasteiger partial charge is 0.307 e. The van der Waals surface area contributed by atoms with Gasteiger partial charge in [-0.2, -0.15) is 0 Å². The minimum absolute atomic E-state index is 0.153. The van der Waals surface area contributed by atoms with Gasteiger partial charge in [0.05, 0.1) is 27.2 Å². The first-order valence-electron chi connectivity index (χ1n) is 8.89. The Labute approximate surface area is 160 Å². The number of methoxy groups -OCH3 is 3. The lowest BCUT2D eigenvalue weighted by molar-refractivity contribution is -0.141. The molecule has 150 valence electrons. The van der Waals surface area contributed by atoms with Gasteiger partial charge in [0.15, 0.2) is 11.5 Å². The van der Waals surface area contributed by atoms with Crippen molar-refractivity contribution in [2.24, 2.45) is 0 Å². The maximum Gasteiger partial charge on any atom is 0.307 e. The Morgan fingerprint density at radius 2 is 1.89 bits per heavy atom. The molecule has 1 amide bonds. The molecule has 0 saturated carbocycles. The van der Waals surface area contributed by atoms with Gasteiger partial charge in [-0.05, 0) is 37.1 Å². The molecule has 7 heteroatoms. The molecule has 0 atom stereocenters. The van der Waals surface area contributed by atoms with Crippen LogP contribution in [0.5, 0.6) is 11.5 Å². The van der Waals surface area contributed by atoms with Crippen LogP contribution in [0.4, 0.5) is 0 Å². The Bertz CT molecular complexity index is 629. The molecule has 0 spiro atoms. The van der Waals surface area contributed by atoms with E-state index in [9.17, 15) is 9.59 Å². The summed E-state index contributed by atoms with van der Waals surface area (Å²) in [7, 11) is 4.51. The van der Waals surface area contributed by atoms with Crippen LogP contribution in [-0.2, 0) is 19.1 Å². The summed E-state index contributed by atoms with van der Waals surface area (Å²) in [5.41, 5.74) is 0.813. The Balaban J connectivity index is 2.80. The second kappa shape index (κ2) is 12.8. The summed E-state index contributed by atoms with van der Waals surface area (Å²) in [5, 5.41) is 0. The summed E-state index contributed by atoms with van der Waals surface area (Å²) in [5.74, 6) is 0.736. The van der Waals surface area contributed by atoms with Crippen molar-refractivity contribution in [3.05, 3.63) is 29.8 Å². The lowest BCUT2D eigenvalue weighted by Crippen LogP contribution is -2.33. The van der Waals surface area contributed by atoms with E-state index in [0.717, 1.165) is 5.56 Å². The summed E-state index contributed by atoms with van der Waals surface area (Å²) in [6.07, 6.45) is 4.04. The van der Waals surface area contributed by atoms with E-state index >= 15 is 0 Å². The van der Waals surface area contributed by atoms with E-state index in [2.05, 4.69) is 4.74 Å². The van der Waals surface area contributed by atoms with Gasteiger partial charge in [-0.25, -0.2) is 0 Å². The van der Waals surface area contributed by atoms with Gasteiger partial charge < -0.3 is 23.8 Å². The fourth-order valence-corrected chi connectivity index (χ4v) is 2.40. The molecule has 27 heavy (non-hydrogen) atoms. The van der Waals surface area contributed by atoms with Crippen molar-refractivity contribution in [2.45, 2.75) is 19.8 Å². The third kappa shape index (κ3) is 8.13. The minimum atomic E-state index is -0.347. The number of carbonyl (C=O) groups is 2. The van der Waals surface area contributed by atoms with Crippen molar-refractivity contribution in [3.63, 3.8) is 0 Å². The maximum atomic E-state index is 12.5. The zero-order valence-corrected chi connectivity index (χ0v) is 16.5. The van der Waals surface area contributed by atoms with Crippen molar-refractivity contribution in [1.29, 1.82) is 0 Å². The molecule has 0 aromatic heterocycles. The third-order valence-electron chi connectivity index (χ3n) is 3.81. The van der Waals surface area contributed by atoms with Gasteiger partial charge in [0.1, 0.15) is 0 Å². The number of benzene rings is 1. The Kier molecular flexibility index (Phi) is 10.6. The molecule has 0 radical (unpaired) electrons. The molecule has 0 saturated heterocycles. The Morgan fingerprint density at radius 3 is 2.52 bits per heavy atom. The minimum Gasteiger partial charge on any atom is -0.493 e. The van der Waals surface area contributed by atoms with E-state index in [0.29, 0.717) is 44.2 Å². The van der Waals surface area contributed by atoms with Crippen LogP contribution in [-0.4, -0.2) is 64.4 Å². The zero-order chi connectivity index (χ0) is 20.1. The van der Waals surface area contributed by atoms with Crippen LogP contribution < -0.4 is 9.47 Å². The van der Waals surface area contributed by atoms with Crippen LogP contribution in [0.2, 0.25) is 0 Å². The highest BCUT2D eigenvalue weighted by Crippen LogP contribution is 2.28. The summed E-state index contributed by atoms with van der Waals surface area (Å²) in [6, 6.07) is 5.46. The quantitative estimate of drug-likeness (QED) is 0.316. The maximum absolute atomic E-state index is 12.5. The van der Waals surface area contributed by atoms with E-state index in [-0.39, 0.29) is 18.3 Å². The van der Waals surface area contributed by atoms with E-state index in [1.807, 2.05) is 13.0 Å². The number of carbonyl (C=O) groups excluding carboxylic acids is 2. The predicted octanol–water partition coefficient (Wildman–Crippen LogP) is 2.54. The molecule has 0 bridgehead atoms. The highest BCUT2D eigenvalue weighted by atomic mass is 16.5. The molecule has 0 N–H and O–H groups in total. The van der Waals surface area contributed by atoms with Crippen LogP contribution in [0.15, 0.2) is 24.3 Å². The van der Waals surface area contributed by atoms with E-state index < -0.39 is 0 Å². The van der Waals surface area contributed by atoms with E-state index in [1.165, 1.54) is 13.2 Å². The van der Waals surface area contributed by atoms with Crippen molar-refractivity contribution in [3.8, 4) is 11.5 Å². The lowest BCUT2D eigenvalue weighted by atomic mass is 10.2. The molecule has 0 unspecified atom stereocenters. The molecule has 1 rings (SSSR count). The van der Waals surface area contributed by atoms with Gasteiger partial charge >= 0.3 is 5.97 Å². The van der Waals surface area contributed by atoms with Crippen LogP contribution in [0.3, 0.4) is 0 Å². The number of amides is 1. The van der Waals surface area contributed by atoms with E-state index in [1.54, 1.807) is 37.3 Å². The lowest BCUT2D eigenvalue weighted by Gasteiger charge is -2.20. The van der Waals surface area contributed by atoms with Crippen molar-refractivity contribution >= 4 is 18.0 Å². The number of rotatable bonds is 12. The van der Waals surface area contributed by atoms with Gasteiger partial charge in [0, 0.05) is 32.9 Å². The summed E-state index contributed by atoms with van der Waals surface area (Å²) >= 11 is 0. The van der Waals surface area contributed by atoms with Crippen LogP contribution in [0, 0.1) is 0 Å². The molecule has 0 fully saturated rings. The van der Waals surface area contributed by atoms with Crippen molar-refractivity contribution in [2.75, 3.05) is 47.6 Å². The van der Waals surface area contributed by atoms with Crippen LogP contribution in [0.25, 0.3) is 6.08 Å². The molecule has 0 aliphatic carbocycles. The third-order valence-corrected chi connectivity index (χ3v) is 3.81. The fourth-order valence-electron chi connectivity index (χ4n) is 2.40. The predicted molar refractivity (Wildman–Crippen MR) is 103 cm³/mol. The monoisotopic (exact) mass is 379 g/mol. The highest BCUT2D eigenvalue weighted by Gasteiger charge is 2.13. The van der Waals surface area contributed by atoms with Crippen LogP contribution >= 0.6 is 0 Å². The first kappa shape index (κ1) is 22.5. The summed E-state index contributed by atoms with van der Waals surface area (Å²) < 4.78 is 20.5. The normalized spacial score (nSPS) is 10.7. The summed E-state index contributed by atoms with van der Waals surface area (Å²) in [4.78, 5) is 25.5. The summed E-state index contributed by atoms with van der Waals surface area (Å²) in [6.45, 7) is 3.79. The molecule has 0 aliphatic heterocycles. The fraction of sp³-hybridized carbons (Fsp3) is 0.500.